The third-order valence-electron chi connectivity index (χ3n) is 6.07. The van der Waals surface area contributed by atoms with E-state index < -0.39 is 11.9 Å². The van der Waals surface area contributed by atoms with E-state index in [2.05, 4.69) is 25.7 Å². The minimum absolute atomic E-state index is 0.105. The molecule has 0 bridgehead atoms. The van der Waals surface area contributed by atoms with E-state index in [0.717, 1.165) is 38.4 Å². The zero-order valence-corrected chi connectivity index (χ0v) is 20.0. The first-order valence-corrected chi connectivity index (χ1v) is 11.7. The number of rotatable bonds is 7. The number of nitrogens with one attached hydrogen (secondary N) is 2. The zero-order chi connectivity index (χ0) is 24.4. The van der Waals surface area contributed by atoms with Crippen LogP contribution in [-0.4, -0.2) is 76.9 Å². The second-order valence-corrected chi connectivity index (χ2v) is 8.72. The fourth-order valence-electron chi connectivity index (χ4n) is 4.31. The van der Waals surface area contributed by atoms with Crippen LogP contribution in [0.25, 0.3) is 5.65 Å². The molecule has 4 N–H and O–H groups in total. The molecule has 184 valence electrons. The largest absolute Gasteiger partial charge is 0.496 e. The first kappa shape index (κ1) is 23.4. The van der Waals surface area contributed by atoms with Gasteiger partial charge in [-0.15, -0.1) is 5.10 Å². The van der Waals surface area contributed by atoms with Gasteiger partial charge in [-0.2, -0.15) is 0 Å². The fourth-order valence-corrected chi connectivity index (χ4v) is 4.49. The highest BCUT2D eigenvalue weighted by Crippen LogP contribution is 2.34. The molecule has 11 nitrogen and oxygen atoms in total. The topological polar surface area (TPSA) is 122 Å². The maximum absolute atomic E-state index is 13.4. The summed E-state index contributed by atoms with van der Waals surface area (Å²) in [5.74, 6) is 0.360. The molecule has 1 atom stereocenters. The number of anilines is 1. The standard InChI is InChI=1S/C23H27ClN8O3/c1-34-18-4-3-15(24)13-16(18)20-17(14-31(28-20)8-7-30-9-11-35-12-10-30)27-23(33)19-21(25)29-32-6-2-5-26-22(19)32/h2-6,13-14,20,28H,7-12H2,1H3,(H2,25,29)(H,27,33). The number of benzene rings is 1. The Hall–Kier alpha value is -3.38. The van der Waals surface area contributed by atoms with Crippen molar-refractivity contribution in [2.45, 2.75) is 6.04 Å². The van der Waals surface area contributed by atoms with Crippen molar-refractivity contribution in [1.29, 1.82) is 0 Å². The second-order valence-electron chi connectivity index (χ2n) is 8.28. The molecule has 0 radical (unpaired) electrons. The van der Waals surface area contributed by atoms with Gasteiger partial charge in [0, 0.05) is 55.4 Å². The van der Waals surface area contributed by atoms with Gasteiger partial charge in [0.15, 0.2) is 11.5 Å². The zero-order valence-electron chi connectivity index (χ0n) is 19.3. The van der Waals surface area contributed by atoms with E-state index in [1.54, 1.807) is 31.6 Å². The van der Waals surface area contributed by atoms with Gasteiger partial charge in [-0.05, 0) is 24.3 Å². The molecule has 1 aromatic carbocycles. The molecule has 12 heteroatoms. The van der Waals surface area contributed by atoms with Crippen LogP contribution in [0.1, 0.15) is 22.0 Å². The average molecular weight is 499 g/mol. The number of hydrazine groups is 1. The summed E-state index contributed by atoms with van der Waals surface area (Å²) in [6.45, 7) is 4.82. The fraction of sp³-hybridized carbons (Fsp3) is 0.348. The molecule has 1 saturated heterocycles. The maximum atomic E-state index is 13.4. The van der Waals surface area contributed by atoms with E-state index in [1.807, 2.05) is 23.3 Å². The van der Waals surface area contributed by atoms with Crippen molar-refractivity contribution >= 4 is 29.0 Å². The Morgan fingerprint density at radius 2 is 2.17 bits per heavy atom. The SMILES string of the molecule is COc1ccc(Cl)cc1C1NN(CCN2CCOCC2)C=C1NC(=O)c1c(N)nn2cccnc12. The lowest BCUT2D eigenvalue weighted by atomic mass is 10.0. The van der Waals surface area contributed by atoms with Gasteiger partial charge >= 0.3 is 0 Å². The van der Waals surface area contributed by atoms with Crippen molar-refractivity contribution in [2.24, 2.45) is 0 Å². The Bertz CT molecular complexity index is 1260. The molecule has 0 aliphatic carbocycles. The number of hydrogen-bond acceptors (Lipinski definition) is 9. The number of morpholine rings is 1. The highest BCUT2D eigenvalue weighted by molar-refractivity contribution is 6.30. The number of hydrogen-bond donors (Lipinski definition) is 3. The molecule has 1 fully saturated rings. The summed E-state index contributed by atoms with van der Waals surface area (Å²) in [4.78, 5) is 20.0. The number of fused-ring (bicyclic) bond motifs is 1. The Morgan fingerprint density at radius 3 is 2.97 bits per heavy atom. The van der Waals surface area contributed by atoms with Crippen molar-refractivity contribution in [3.8, 4) is 5.75 Å². The Kier molecular flexibility index (Phi) is 6.73. The third kappa shape index (κ3) is 4.89. The number of ether oxygens (including phenoxy) is 2. The van der Waals surface area contributed by atoms with Crippen molar-refractivity contribution in [1.82, 2.24) is 35.2 Å². The number of halogens is 1. The maximum Gasteiger partial charge on any atom is 0.263 e. The monoisotopic (exact) mass is 498 g/mol. The summed E-state index contributed by atoms with van der Waals surface area (Å²) in [6, 6.07) is 6.73. The van der Waals surface area contributed by atoms with Crippen molar-refractivity contribution in [2.75, 3.05) is 52.2 Å². The number of carbonyl (C=O) groups is 1. The van der Waals surface area contributed by atoms with Crippen LogP contribution in [0.15, 0.2) is 48.6 Å². The van der Waals surface area contributed by atoms with Crippen LogP contribution in [0.3, 0.4) is 0 Å². The van der Waals surface area contributed by atoms with E-state index in [0.29, 0.717) is 28.7 Å². The molecule has 2 aliphatic rings. The quantitative estimate of drug-likeness (QED) is 0.444. The molecule has 35 heavy (non-hydrogen) atoms. The first-order chi connectivity index (χ1) is 17.0. The first-order valence-electron chi connectivity index (χ1n) is 11.3. The Balaban J connectivity index is 1.42. The van der Waals surface area contributed by atoms with Crippen molar-refractivity contribution in [3.63, 3.8) is 0 Å². The summed E-state index contributed by atoms with van der Waals surface area (Å²) in [7, 11) is 1.60. The lowest BCUT2D eigenvalue weighted by Gasteiger charge is -2.29. The molecular formula is C23H27ClN8O3. The van der Waals surface area contributed by atoms with Gasteiger partial charge < -0.3 is 25.5 Å². The van der Waals surface area contributed by atoms with Gasteiger partial charge in [-0.1, -0.05) is 11.6 Å². The highest BCUT2D eigenvalue weighted by Gasteiger charge is 2.31. The van der Waals surface area contributed by atoms with Crippen LogP contribution in [0.2, 0.25) is 5.02 Å². The molecule has 1 amide bonds. The lowest BCUT2D eigenvalue weighted by Crippen LogP contribution is -2.42. The molecule has 0 spiro atoms. The van der Waals surface area contributed by atoms with E-state index in [4.69, 9.17) is 26.8 Å². The van der Waals surface area contributed by atoms with Crippen molar-refractivity contribution < 1.29 is 14.3 Å². The normalized spacial score (nSPS) is 18.6. The number of methoxy groups -OCH3 is 1. The van der Waals surface area contributed by atoms with Gasteiger partial charge in [0.25, 0.3) is 5.91 Å². The van der Waals surface area contributed by atoms with E-state index in [1.165, 1.54) is 4.52 Å². The molecule has 4 heterocycles. The van der Waals surface area contributed by atoms with Gasteiger partial charge in [0.2, 0.25) is 0 Å². The smallest absolute Gasteiger partial charge is 0.263 e. The van der Waals surface area contributed by atoms with Crippen LogP contribution in [0.5, 0.6) is 5.75 Å². The van der Waals surface area contributed by atoms with Crippen LogP contribution in [0, 0.1) is 0 Å². The van der Waals surface area contributed by atoms with Crippen LogP contribution in [-0.2, 0) is 4.74 Å². The minimum Gasteiger partial charge on any atom is -0.496 e. The predicted octanol–water partition coefficient (Wildman–Crippen LogP) is 1.44. The summed E-state index contributed by atoms with van der Waals surface area (Å²) >= 11 is 6.31. The molecular weight excluding hydrogens is 472 g/mol. The molecule has 3 aromatic rings. The molecule has 5 rings (SSSR count). The second kappa shape index (κ2) is 10.1. The van der Waals surface area contributed by atoms with E-state index >= 15 is 0 Å². The number of aromatic nitrogens is 3. The summed E-state index contributed by atoms with van der Waals surface area (Å²) in [5, 5.41) is 9.74. The van der Waals surface area contributed by atoms with Gasteiger partial charge in [-0.25, -0.2) is 14.9 Å². The number of nitrogens with zero attached hydrogens (tertiary/aromatic N) is 5. The van der Waals surface area contributed by atoms with Gasteiger partial charge in [0.1, 0.15) is 11.3 Å². The number of amides is 1. The van der Waals surface area contributed by atoms with E-state index in [9.17, 15) is 4.79 Å². The molecule has 2 aliphatic heterocycles. The van der Waals surface area contributed by atoms with Crippen LogP contribution < -0.4 is 21.2 Å². The number of nitrogen functional groups attached to an aromatic ring is 1. The Morgan fingerprint density at radius 1 is 1.34 bits per heavy atom. The number of carbonyl (C=O) groups excluding carboxylic acids is 1. The molecule has 1 unspecified atom stereocenters. The van der Waals surface area contributed by atoms with Gasteiger partial charge in [0.05, 0.1) is 32.1 Å². The van der Waals surface area contributed by atoms with E-state index in [-0.39, 0.29) is 11.4 Å². The minimum atomic E-state index is -0.398. The average Bonchev–Trinajstić information content (AvgIpc) is 3.42. The van der Waals surface area contributed by atoms with Crippen LogP contribution >= 0.6 is 11.6 Å². The van der Waals surface area contributed by atoms with Crippen LogP contribution in [0.4, 0.5) is 5.82 Å². The summed E-state index contributed by atoms with van der Waals surface area (Å²) in [6.07, 6.45) is 5.17. The van der Waals surface area contributed by atoms with Gasteiger partial charge in [-0.3, -0.25) is 9.69 Å². The highest BCUT2D eigenvalue weighted by atomic mass is 35.5. The summed E-state index contributed by atoms with van der Waals surface area (Å²) < 4.78 is 12.5. The van der Waals surface area contributed by atoms with Crippen molar-refractivity contribution in [3.05, 3.63) is 64.7 Å². The molecule has 0 saturated carbocycles. The molecule has 2 aromatic heterocycles. The third-order valence-corrected chi connectivity index (χ3v) is 6.31. The Labute approximate surface area is 207 Å². The summed E-state index contributed by atoms with van der Waals surface area (Å²) in [5.41, 5.74) is 11.6. The number of nitrogens with two attached hydrogens (primary N) is 1. The lowest BCUT2D eigenvalue weighted by molar-refractivity contribution is 0.0335. The predicted molar refractivity (Wildman–Crippen MR) is 131 cm³/mol.